The highest BCUT2D eigenvalue weighted by Gasteiger charge is 2.18. The molecule has 0 bridgehead atoms. The number of hydrazone groups is 1. The summed E-state index contributed by atoms with van der Waals surface area (Å²) in [5.41, 5.74) is 3.12. The molecule has 3 aromatic carbocycles. The summed E-state index contributed by atoms with van der Waals surface area (Å²) in [5, 5.41) is 5.14. The number of fused-ring (bicyclic) bond motifs is 1. The van der Waals surface area contributed by atoms with Crippen LogP contribution in [0.4, 0.5) is 0 Å². The van der Waals surface area contributed by atoms with Crippen LogP contribution in [0.2, 0.25) is 5.02 Å². The van der Waals surface area contributed by atoms with E-state index in [0.29, 0.717) is 44.2 Å². The van der Waals surface area contributed by atoms with Crippen molar-refractivity contribution in [2.75, 3.05) is 21.3 Å². The fourth-order valence-electron chi connectivity index (χ4n) is 3.32. The summed E-state index contributed by atoms with van der Waals surface area (Å²) in [5.74, 6) is 2.31. The van der Waals surface area contributed by atoms with Crippen LogP contribution >= 0.6 is 22.9 Å². The predicted octanol–water partition coefficient (Wildman–Crippen LogP) is 6.14. The number of para-hydroxylation sites is 1. The smallest absolute Gasteiger partial charge is 0.283 e. The zero-order valence-corrected chi connectivity index (χ0v) is 20.2. The molecule has 0 aliphatic rings. The second kappa shape index (κ2) is 10.5. The Hall–Kier alpha value is -3.75. The van der Waals surface area contributed by atoms with Gasteiger partial charge in [-0.1, -0.05) is 29.8 Å². The molecule has 1 N–H and O–H groups in total. The number of amides is 1. The van der Waals surface area contributed by atoms with Gasteiger partial charge in [-0.25, -0.2) is 5.43 Å². The Bertz CT molecular complexity index is 1350. The minimum atomic E-state index is -0.424. The maximum Gasteiger partial charge on any atom is 0.283 e. The van der Waals surface area contributed by atoms with Crippen molar-refractivity contribution in [2.45, 2.75) is 0 Å². The zero-order valence-electron chi connectivity index (χ0n) is 18.6. The van der Waals surface area contributed by atoms with Crippen molar-refractivity contribution in [2.24, 2.45) is 5.10 Å². The molecular weight excluding hydrogens is 476 g/mol. The number of hydrogen-bond acceptors (Lipinski definition) is 7. The third kappa shape index (κ3) is 4.78. The molecule has 0 fully saturated rings. The van der Waals surface area contributed by atoms with E-state index in [1.165, 1.54) is 38.9 Å². The summed E-state index contributed by atoms with van der Waals surface area (Å²) in [6.07, 6.45) is 1.46. The maximum atomic E-state index is 12.8. The lowest BCUT2D eigenvalue weighted by molar-refractivity contribution is 0.0959. The third-order valence-electron chi connectivity index (χ3n) is 4.89. The lowest BCUT2D eigenvalue weighted by Gasteiger charge is -2.13. The molecule has 1 heterocycles. The van der Waals surface area contributed by atoms with Gasteiger partial charge in [-0.3, -0.25) is 4.79 Å². The number of rotatable bonds is 8. The van der Waals surface area contributed by atoms with Crippen LogP contribution in [-0.2, 0) is 0 Å². The number of benzene rings is 3. The molecule has 0 aliphatic carbocycles. The van der Waals surface area contributed by atoms with Gasteiger partial charge in [-0.2, -0.15) is 5.10 Å². The SMILES string of the molecule is COc1ccc(/C=N/NC(=O)c2sc3ccc(Oc4ccccc4)cc3c2Cl)c(OC)c1OC. The molecule has 0 atom stereocenters. The standard InChI is InChI=1S/C25H21ClN2O5S/c1-30-19-11-9-15(22(31-2)23(19)32-3)14-27-28-25(29)24-21(26)18-13-17(10-12-20(18)34-24)33-16-7-5-4-6-8-16/h4-14H,1-3H3,(H,28,29)/b27-14+. The maximum absolute atomic E-state index is 12.8. The van der Waals surface area contributed by atoms with Gasteiger partial charge in [-0.15, -0.1) is 11.3 Å². The molecule has 174 valence electrons. The Morgan fingerprint density at radius 3 is 2.41 bits per heavy atom. The number of nitrogens with one attached hydrogen (secondary N) is 1. The van der Waals surface area contributed by atoms with E-state index in [-0.39, 0.29) is 0 Å². The topological polar surface area (TPSA) is 78.4 Å². The van der Waals surface area contributed by atoms with Crippen LogP contribution in [0.5, 0.6) is 28.7 Å². The predicted molar refractivity (Wildman–Crippen MR) is 135 cm³/mol. The van der Waals surface area contributed by atoms with Gasteiger partial charge in [-0.05, 0) is 42.5 Å². The first-order valence-electron chi connectivity index (χ1n) is 10.1. The summed E-state index contributed by atoms with van der Waals surface area (Å²) < 4.78 is 22.8. The van der Waals surface area contributed by atoms with E-state index in [4.69, 9.17) is 30.5 Å². The minimum absolute atomic E-state index is 0.343. The van der Waals surface area contributed by atoms with Crippen molar-refractivity contribution in [3.63, 3.8) is 0 Å². The van der Waals surface area contributed by atoms with E-state index in [0.717, 1.165) is 10.1 Å². The van der Waals surface area contributed by atoms with Crippen LogP contribution in [0.25, 0.3) is 10.1 Å². The Morgan fingerprint density at radius 2 is 1.71 bits per heavy atom. The molecule has 0 saturated heterocycles. The highest BCUT2D eigenvalue weighted by Crippen LogP contribution is 2.39. The largest absolute Gasteiger partial charge is 0.493 e. The van der Waals surface area contributed by atoms with E-state index in [2.05, 4.69) is 10.5 Å². The average Bonchev–Trinajstić information content (AvgIpc) is 3.20. The van der Waals surface area contributed by atoms with Gasteiger partial charge in [0.2, 0.25) is 5.75 Å². The van der Waals surface area contributed by atoms with Crippen molar-refractivity contribution in [1.82, 2.24) is 5.43 Å². The highest BCUT2D eigenvalue weighted by atomic mass is 35.5. The first kappa shape index (κ1) is 23.4. The van der Waals surface area contributed by atoms with Crippen LogP contribution in [0.15, 0.2) is 65.8 Å². The summed E-state index contributed by atoms with van der Waals surface area (Å²) in [6, 6.07) is 18.4. The van der Waals surface area contributed by atoms with E-state index in [9.17, 15) is 4.79 Å². The average molecular weight is 497 g/mol. The summed E-state index contributed by atoms with van der Waals surface area (Å²) in [7, 11) is 4.57. The van der Waals surface area contributed by atoms with Gasteiger partial charge < -0.3 is 18.9 Å². The molecule has 0 saturated carbocycles. The Labute approximate surface area is 205 Å². The first-order valence-corrected chi connectivity index (χ1v) is 11.3. The molecule has 34 heavy (non-hydrogen) atoms. The Balaban J connectivity index is 1.53. The van der Waals surface area contributed by atoms with Crippen LogP contribution in [-0.4, -0.2) is 33.5 Å². The van der Waals surface area contributed by atoms with Crippen molar-refractivity contribution in [1.29, 1.82) is 0 Å². The number of halogens is 1. The summed E-state index contributed by atoms with van der Waals surface area (Å²) in [4.78, 5) is 13.1. The zero-order chi connectivity index (χ0) is 24.1. The molecule has 0 unspecified atom stereocenters. The van der Waals surface area contributed by atoms with E-state index in [1.807, 2.05) is 48.5 Å². The van der Waals surface area contributed by atoms with Crippen molar-refractivity contribution in [3.05, 3.63) is 76.1 Å². The Kier molecular flexibility index (Phi) is 7.20. The molecule has 0 radical (unpaired) electrons. The molecule has 0 aliphatic heterocycles. The third-order valence-corrected chi connectivity index (χ3v) is 6.56. The molecule has 4 rings (SSSR count). The number of ether oxygens (including phenoxy) is 4. The normalized spacial score (nSPS) is 10.9. The lowest BCUT2D eigenvalue weighted by Crippen LogP contribution is -2.16. The fourth-order valence-corrected chi connectivity index (χ4v) is 4.70. The number of thiophene rings is 1. The van der Waals surface area contributed by atoms with Crippen molar-refractivity contribution in [3.8, 4) is 28.7 Å². The van der Waals surface area contributed by atoms with Gasteiger partial charge in [0, 0.05) is 15.6 Å². The van der Waals surface area contributed by atoms with Crippen LogP contribution in [0.1, 0.15) is 15.2 Å². The number of hydrogen-bond donors (Lipinski definition) is 1. The molecule has 0 spiro atoms. The van der Waals surface area contributed by atoms with Crippen LogP contribution in [0.3, 0.4) is 0 Å². The monoisotopic (exact) mass is 496 g/mol. The first-order chi connectivity index (χ1) is 16.5. The van der Waals surface area contributed by atoms with Gasteiger partial charge in [0.1, 0.15) is 16.4 Å². The summed E-state index contributed by atoms with van der Waals surface area (Å²) >= 11 is 7.81. The summed E-state index contributed by atoms with van der Waals surface area (Å²) in [6.45, 7) is 0. The van der Waals surface area contributed by atoms with Crippen LogP contribution in [0, 0.1) is 0 Å². The van der Waals surface area contributed by atoms with Gasteiger partial charge >= 0.3 is 0 Å². The fraction of sp³-hybridized carbons (Fsp3) is 0.120. The second-order valence-corrected chi connectivity index (χ2v) is 8.37. The molecule has 4 aromatic rings. The highest BCUT2D eigenvalue weighted by molar-refractivity contribution is 7.21. The van der Waals surface area contributed by atoms with E-state index < -0.39 is 5.91 Å². The minimum Gasteiger partial charge on any atom is -0.493 e. The Morgan fingerprint density at radius 1 is 0.941 bits per heavy atom. The van der Waals surface area contributed by atoms with Crippen molar-refractivity contribution < 1.29 is 23.7 Å². The molecule has 1 aromatic heterocycles. The number of carbonyl (C=O) groups excluding carboxylic acids is 1. The van der Waals surface area contributed by atoms with E-state index >= 15 is 0 Å². The second-order valence-electron chi connectivity index (χ2n) is 6.94. The number of methoxy groups -OCH3 is 3. The molecule has 1 amide bonds. The molecule has 9 heteroatoms. The molecule has 7 nitrogen and oxygen atoms in total. The quantitative estimate of drug-likeness (QED) is 0.234. The van der Waals surface area contributed by atoms with Gasteiger partial charge in [0.05, 0.1) is 32.6 Å². The number of carbonyl (C=O) groups is 1. The van der Waals surface area contributed by atoms with E-state index in [1.54, 1.807) is 12.1 Å². The number of nitrogens with zero attached hydrogens (tertiary/aromatic N) is 1. The van der Waals surface area contributed by atoms with Gasteiger partial charge in [0.15, 0.2) is 11.5 Å². The lowest BCUT2D eigenvalue weighted by atomic mass is 10.2. The molecular formula is C25H21ClN2O5S. The van der Waals surface area contributed by atoms with Crippen LogP contribution < -0.4 is 24.4 Å². The van der Waals surface area contributed by atoms with Gasteiger partial charge in [0.25, 0.3) is 5.91 Å². The van der Waals surface area contributed by atoms with Crippen molar-refractivity contribution >= 4 is 45.1 Å².